The van der Waals surface area contributed by atoms with Crippen LogP contribution < -0.4 is 5.32 Å². The number of rotatable bonds is 6. The predicted molar refractivity (Wildman–Crippen MR) is 101 cm³/mol. The number of nitrogens with zero attached hydrogens (tertiary/aromatic N) is 3. The second-order valence-corrected chi connectivity index (χ2v) is 5.99. The Morgan fingerprint density at radius 1 is 1.12 bits per heavy atom. The van der Waals surface area contributed by atoms with E-state index in [0.29, 0.717) is 24.7 Å². The van der Waals surface area contributed by atoms with Crippen LogP contribution in [0.15, 0.2) is 59.1 Å². The Balaban J connectivity index is 1.56. The van der Waals surface area contributed by atoms with Crippen LogP contribution in [-0.2, 0) is 12.8 Å². The van der Waals surface area contributed by atoms with Crippen molar-refractivity contribution >= 4 is 11.7 Å². The van der Waals surface area contributed by atoms with E-state index in [4.69, 9.17) is 4.52 Å². The van der Waals surface area contributed by atoms with Crippen molar-refractivity contribution in [3.05, 3.63) is 66.0 Å². The fourth-order valence-electron chi connectivity index (χ4n) is 2.58. The normalized spacial score (nSPS) is 10.5. The third-order valence-electron chi connectivity index (χ3n) is 4.15. The first-order valence-corrected chi connectivity index (χ1v) is 8.65. The first-order chi connectivity index (χ1) is 12.7. The molecule has 0 aliphatic heterocycles. The lowest BCUT2D eigenvalue weighted by molar-refractivity contribution is 0.222. The molecule has 3 rings (SSSR count). The van der Waals surface area contributed by atoms with Crippen molar-refractivity contribution < 1.29 is 9.32 Å². The van der Waals surface area contributed by atoms with Crippen molar-refractivity contribution in [2.75, 3.05) is 18.9 Å². The van der Waals surface area contributed by atoms with E-state index >= 15 is 0 Å². The van der Waals surface area contributed by atoms with Crippen LogP contribution in [0.25, 0.3) is 11.5 Å². The Morgan fingerprint density at radius 2 is 1.85 bits per heavy atom. The molecule has 1 N–H and O–H groups in total. The zero-order chi connectivity index (χ0) is 18.4. The maximum absolute atomic E-state index is 12.4. The van der Waals surface area contributed by atoms with Gasteiger partial charge in [-0.2, -0.15) is 4.98 Å². The average Bonchev–Trinajstić information content (AvgIpc) is 3.16. The van der Waals surface area contributed by atoms with Crippen LogP contribution in [0.4, 0.5) is 10.5 Å². The predicted octanol–water partition coefficient (Wildman–Crippen LogP) is 4.01. The largest absolute Gasteiger partial charge is 0.334 e. The van der Waals surface area contributed by atoms with Gasteiger partial charge >= 0.3 is 6.03 Å². The summed E-state index contributed by atoms with van der Waals surface area (Å²) in [6.07, 6.45) is 1.39. The number of nitrogens with one attached hydrogen (secondary N) is 1. The van der Waals surface area contributed by atoms with Crippen molar-refractivity contribution in [2.45, 2.75) is 19.8 Å². The first-order valence-electron chi connectivity index (χ1n) is 8.65. The van der Waals surface area contributed by atoms with E-state index < -0.39 is 0 Å². The maximum atomic E-state index is 12.4. The molecule has 26 heavy (non-hydrogen) atoms. The van der Waals surface area contributed by atoms with E-state index in [1.165, 1.54) is 0 Å². The summed E-state index contributed by atoms with van der Waals surface area (Å²) in [5, 5.41) is 6.94. The summed E-state index contributed by atoms with van der Waals surface area (Å²) in [6.45, 7) is 2.56. The summed E-state index contributed by atoms with van der Waals surface area (Å²) >= 11 is 0. The number of aromatic nitrogens is 2. The van der Waals surface area contributed by atoms with E-state index in [9.17, 15) is 4.79 Å². The molecule has 0 unspecified atom stereocenters. The molecular formula is C20H22N4O2. The maximum Gasteiger partial charge on any atom is 0.321 e. The van der Waals surface area contributed by atoms with E-state index in [0.717, 1.165) is 23.2 Å². The third kappa shape index (κ3) is 4.27. The number of benzene rings is 2. The summed E-state index contributed by atoms with van der Waals surface area (Å²) in [5.74, 6) is 1.07. The molecule has 0 atom stereocenters. The minimum atomic E-state index is -0.155. The van der Waals surface area contributed by atoms with Gasteiger partial charge in [0, 0.05) is 31.3 Å². The number of carbonyl (C=O) groups excluding carboxylic acids is 1. The average molecular weight is 350 g/mol. The SMILES string of the molecule is CCc1ccccc1NC(=O)N(C)CCc1noc(-c2ccccc2)n1. The molecule has 0 saturated heterocycles. The zero-order valence-electron chi connectivity index (χ0n) is 15.0. The monoisotopic (exact) mass is 350 g/mol. The van der Waals surface area contributed by atoms with Gasteiger partial charge in [-0.25, -0.2) is 4.79 Å². The van der Waals surface area contributed by atoms with Gasteiger partial charge in [0.1, 0.15) is 0 Å². The highest BCUT2D eigenvalue weighted by Crippen LogP contribution is 2.17. The number of aryl methyl sites for hydroxylation is 1. The Labute approximate surface area is 152 Å². The molecule has 0 bridgehead atoms. The van der Waals surface area contributed by atoms with Gasteiger partial charge < -0.3 is 14.7 Å². The highest BCUT2D eigenvalue weighted by molar-refractivity contribution is 5.90. The highest BCUT2D eigenvalue weighted by atomic mass is 16.5. The molecule has 134 valence electrons. The van der Waals surface area contributed by atoms with Crippen molar-refractivity contribution in [1.82, 2.24) is 15.0 Å². The number of likely N-dealkylation sites (N-methyl/N-ethyl adjacent to an activating group) is 1. The number of urea groups is 1. The minimum absolute atomic E-state index is 0.155. The van der Waals surface area contributed by atoms with Gasteiger partial charge in [0.2, 0.25) is 0 Å². The van der Waals surface area contributed by atoms with Gasteiger partial charge in [0.15, 0.2) is 5.82 Å². The van der Waals surface area contributed by atoms with Crippen molar-refractivity contribution in [1.29, 1.82) is 0 Å². The molecule has 2 amide bonds. The van der Waals surface area contributed by atoms with Crippen LogP contribution in [0, 0.1) is 0 Å². The number of hydrogen-bond acceptors (Lipinski definition) is 4. The molecule has 0 aliphatic rings. The van der Waals surface area contributed by atoms with Gasteiger partial charge in [-0.3, -0.25) is 0 Å². The summed E-state index contributed by atoms with van der Waals surface area (Å²) in [7, 11) is 1.75. The fourth-order valence-corrected chi connectivity index (χ4v) is 2.58. The minimum Gasteiger partial charge on any atom is -0.334 e. The molecule has 6 heteroatoms. The van der Waals surface area contributed by atoms with Crippen LogP contribution >= 0.6 is 0 Å². The third-order valence-corrected chi connectivity index (χ3v) is 4.15. The van der Waals surface area contributed by atoms with Crippen molar-refractivity contribution in [2.24, 2.45) is 0 Å². The van der Waals surface area contributed by atoms with E-state index in [1.807, 2.05) is 54.6 Å². The smallest absolute Gasteiger partial charge is 0.321 e. The second kappa shape index (κ2) is 8.29. The Hall–Kier alpha value is -3.15. The lowest BCUT2D eigenvalue weighted by Crippen LogP contribution is -2.33. The Bertz CT molecular complexity index is 861. The van der Waals surface area contributed by atoms with Crippen LogP contribution in [0.2, 0.25) is 0 Å². The fraction of sp³-hybridized carbons (Fsp3) is 0.250. The van der Waals surface area contributed by atoms with Gasteiger partial charge in [-0.05, 0) is 30.2 Å². The number of amides is 2. The van der Waals surface area contributed by atoms with Crippen molar-refractivity contribution in [3.8, 4) is 11.5 Å². The van der Waals surface area contributed by atoms with Gasteiger partial charge in [0.05, 0.1) is 0 Å². The number of anilines is 1. The molecule has 0 fully saturated rings. The molecule has 2 aromatic carbocycles. The Morgan fingerprint density at radius 3 is 2.62 bits per heavy atom. The number of carbonyl (C=O) groups is 1. The molecule has 0 radical (unpaired) electrons. The lowest BCUT2D eigenvalue weighted by atomic mass is 10.1. The van der Waals surface area contributed by atoms with Gasteiger partial charge in [-0.1, -0.05) is 48.5 Å². The second-order valence-electron chi connectivity index (χ2n) is 5.99. The molecule has 0 saturated carbocycles. The summed E-state index contributed by atoms with van der Waals surface area (Å²) in [5.41, 5.74) is 2.84. The zero-order valence-corrected chi connectivity index (χ0v) is 15.0. The number of para-hydroxylation sites is 1. The van der Waals surface area contributed by atoms with E-state index in [1.54, 1.807) is 11.9 Å². The Kier molecular flexibility index (Phi) is 5.63. The number of hydrogen-bond donors (Lipinski definition) is 1. The van der Waals surface area contributed by atoms with Crippen LogP contribution in [0.3, 0.4) is 0 Å². The summed E-state index contributed by atoms with van der Waals surface area (Å²) < 4.78 is 5.29. The van der Waals surface area contributed by atoms with E-state index in [2.05, 4.69) is 22.4 Å². The summed E-state index contributed by atoms with van der Waals surface area (Å²) in [4.78, 5) is 18.4. The molecule has 1 aromatic heterocycles. The molecule has 0 spiro atoms. The highest BCUT2D eigenvalue weighted by Gasteiger charge is 2.13. The van der Waals surface area contributed by atoms with Crippen LogP contribution in [0.5, 0.6) is 0 Å². The molecular weight excluding hydrogens is 328 g/mol. The quantitative estimate of drug-likeness (QED) is 0.729. The molecule has 6 nitrogen and oxygen atoms in total. The van der Waals surface area contributed by atoms with Crippen LogP contribution in [-0.4, -0.2) is 34.7 Å². The van der Waals surface area contributed by atoms with Crippen molar-refractivity contribution in [3.63, 3.8) is 0 Å². The molecule has 0 aliphatic carbocycles. The summed E-state index contributed by atoms with van der Waals surface area (Å²) in [6, 6.07) is 17.3. The van der Waals surface area contributed by atoms with Gasteiger partial charge in [-0.15, -0.1) is 0 Å². The lowest BCUT2D eigenvalue weighted by Gasteiger charge is -2.18. The first kappa shape index (κ1) is 17.7. The van der Waals surface area contributed by atoms with Gasteiger partial charge in [0.25, 0.3) is 5.89 Å². The standard InChI is InChI=1S/C20H22N4O2/c1-3-15-9-7-8-12-17(15)21-20(25)24(2)14-13-18-22-19(26-23-18)16-10-5-4-6-11-16/h4-12H,3,13-14H2,1-2H3,(H,21,25). The molecule has 3 aromatic rings. The molecule has 1 heterocycles. The topological polar surface area (TPSA) is 71.3 Å². The van der Waals surface area contributed by atoms with E-state index in [-0.39, 0.29) is 6.03 Å². The van der Waals surface area contributed by atoms with Crippen LogP contribution in [0.1, 0.15) is 18.3 Å².